The molecule has 1 saturated carbocycles. The lowest BCUT2D eigenvalue weighted by Crippen LogP contribution is -2.41. The Balaban J connectivity index is 1.95. The molecular weight excluding hydrogens is 402 g/mol. The van der Waals surface area contributed by atoms with Crippen LogP contribution in [-0.4, -0.2) is 51.7 Å². The Morgan fingerprint density at radius 3 is 2.62 bits per heavy atom. The molecule has 1 aromatic heterocycles. The van der Waals surface area contributed by atoms with Crippen LogP contribution in [0.3, 0.4) is 0 Å². The van der Waals surface area contributed by atoms with Gasteiger partial charge in [0.1, 0.15) is 21.9 Å². The van der Waals surface area contributed by atoms with Crippen molar-refractivity contribution in [3.63, 3.8) is 0 Å². The fraction of sp³-hybridized carbons (Fsp3) is 0.778. The van der Waals surface area contributed by atoms with E-state index in [0.717, 1.165) is 23.0 Å². The largest absolute Gasteiger partial charge is 0.472 e. The number of halogens is 1. The zero-order valence-corrected chi connectivity index (χ0v) is 18.1. The van der Waals surface area contributed by atoms with Gasteiger partial charge in [0.2, 0.25) is 5.88 Å². The minimum absolute atomic E-state index is 0.216. The molecule has 0 radical (unpaired) electrons. The van der Waals surface area contributed by atoms with Crippen molar-refractivity contribution in [1.82, 2.24) is 14.7 Å². The van der Waals surface area contributed by atoms with E-state index in [9.17, 15) is 4.79 Å². The lowest BCUT2D eigenvalue weighted by molar-refractivity contribution is 0.0187. The third-order valence-electron chi connectivity index (χ3n) is 3.81. The third-order valence-corrected chi connectivity index (χ3v) is 4.61. The fourth-order valence-corrected chi connectivity index (χ4v) is 2.93. The highest BCUT2D eigenvalue weighted by Gasteiger charge is 2.26. The van der Waals surface area contributed by atoms with Crippen LogP contribution in [0.15, 0.2) is 4.47 Å². The maximum absolute atomic E-state index is 12.3. The van der Waals surface area contributed by atoms with Crippen molar-refractivity contribution in [3.05, 3.63) is 10.2 Å². The number of likely N-dealkylation sites (N-methyl/N-ethyl adjacent to an activating group) is 1. The van der Waals surface area contributed by atoms with Gasteiger partial charge in [-0.15, -0.1) is 0 Å². The van der Waals surface area contributed by atoms with E-state index in [1.807, 2.05) is 41.7 Å². The number of hydrogen-bond donors (Lipinski definition) is 0. The minimum Gasteiger partial charge on any atom is -0.472 e. The second kappa shape index (κ2) is 8.61. The number of aromatic nitrogens is 2. The van der Waals surface area contributed by atoms with Gasteiger partial charge in [0.15, 0.2) is 0 Å². The van der Waals surface area contributed by atoms with Gasteiger partial charge in [-0.1, -0.05) is 0 Å². The molecule has 0 unspecified atom stereocenters. The van der Waals surface area contributed by atoms with E-state index in [1.54, 1.807) is 9.58 Å². The van der Waals surface area contributed by atoms with Crippen LogP contribution >= 0.6 is 15.9 Å². The first kappa shape index (κ1) is 21.0. The zero-order chi connectivity index (χ0) is 19.5. The predicted molar refractivity (Wildman–Crippen MR) is 102 cm³/mol. The molecule has 26 heavy (non-hydrogen) atoms. The molecule has 0 bridgehead atoms. The van der Waals surface area contributed by atoms with Crippen LogP contribution in [-0.2, 0) is 23.1 Å². The van der Waals surface area contributed by atoms with Gasteiger partial charge in [0, 0.05) is 13.6 Å². The third kappa shape index (κ3) is 6.16. The lowest BCUT2D eigenvalue weighted by Gasteiger charge is -2.28. The van der Waals surface area contributed by atoms with Crippen LogP contribution in [0.25, 0.3) is 0 Å². The first-order chi connectivity index (χ1) is 12.1. The molecule has 1 heterocycles. The Kier molecular flexibility index (Phi) is 6.96. The van der Waals surface area contributed by atoms with E-state index in [-0.39, 0.29) is 12.2 Å². The van der Waals surface area contributed by atoms with E-state index in [4.69, 9.17) is 14.2 Å². The Labute approximate surface area is 164 Å². The summed E-state index contributed by atoms with van der Waals surface area (Å²) in [7, 11) is 1.83. The number of carbonyl (C=O) groups is 1. The monoisotopic (exact) mass is 431 g/mol. The van der Waals surface area contributed by atoms with Crippen molar-refractivity contribution in [3.8, 4) is 5.88 Å². The highest BCUT2D eigenvalue weighted by atomic mass is 79.9. The van der Waals surface area contributed by atoms with Gasteiger partial charge in [-0.25, -0.2) is 9.48 Å². The summed E-state index contributed by atoms with van der Waals surface area (Å²) in [6, 6.07) is 0. The molecule has 8 heteroatoms. The predicted octanol–water partition coefficient (Wildman–Crippen LogP) is 3.89. The average Bonchev–Trinajstić information content (AvgIpc) is 3.31. The van der Waals surface area contributed by atoms with Gasteiger partial charge in [-0.3, -0.25) is 0 Å². The highest BCUT2D eigenvalue weighted by molar-refractivity contribution is 9.10. The van der Waals surface area contributed by atoms with Crippen LogP contribution in [0, 0.1) is 0 Å². The van der Waals surface area contributed by atoms with Crippen LogP contribution in [0.4, 0.5) is 4.79 Å². The Bertz CT molecular complexity index is 623. The van der Waals surface area contributed by atoms with Gasteiger partial charge >= 0.3 is 6.09 Å². The molecule has 148 valence electrons. The molecule has 0 aromatic carbocycles. The molecule has 7 nitrogen and oxygen atoms in total. The van der Waals surface area contributed by atoms with Gasteiger partial charge in [0.25, 0.3) is 0 Å². The topological polar surface area (TPSA) is 65.8 Å². The van der Waals surface area contributed by atoms with E-state index in [0.29, 0.717) is 31.7 Å². The summed E-state index contributed by atoms with van der Waals surface area (Å²) in [4.78, 5) is 13.9. The van der Waals surface area contributed by atoms with Crippen LogP contribution < -0.4 is 4.74 Å². The average molecular weight is 432 g/mol. The molecule has 1 fully saturated rings. The molecule has 1 aliphatic rings. The van der Waals surface area contributed by atoms with Crippen molar-refractivity contribution in [1.29, 1.82) is 0 Å². The van der Waals surface area contributed by atoms with E-state index >= 15 is 0 Å². The number of carbonyl (C=O) groups excluding carboxylic acids is 1. The minimum atomic E-state index is -0.518. The van der Waals surface area contributed by atoms with Crippen molar-refractivity contribution in [2.45, 2.75) is 71.9 Å². The molecule has 1 atom stereocenters. The maximum Gasteiger partial charge on any atom is 0.410 e. The molecule has 1 aliphatic carbocycles. The normalized spacial score (nSPS) is 15.7. The molecule has 2 rings (SSSR count). The molecule has 0 N–H and O–H groups in total. The standard InChI is InChI=1S/C18H30BrN3O4/c1-7-22(17(23)26-18(3,4)5)10-12(2)25-16-15(19)14(20-21(16)6)11-24-13-8-9-13/h12-13H,7-11H2,1-6H3/t12-/m0/s1. The summed E-state index contributed by atoms with van der Waals surface area (Å²) in [5.74, 6) is 0.632. The maximum atomic E-state index is 12.3. The first-order valence-corrected chi connectivity index (χ1v) is 9.87. The van der Waals surface area contributed by atoms with Crippen molar-refractivity contribution >= 4 is 22.0 Å². The number of nitrogens with zero attached hydrogens (tertiary/aromatic N) is 3. The second-order valence-corrected chi connectivity index (χ2v) is 8.44. The summed E-state index contributed by atoms with van der Waals surface area (Å²) in [6.45, 7) is 10.9. The van der Waals surface area contributed by atoms with Crippen molar-refractivity contribution in [2.75, 3.05) is 13.1 Å². The molecule has 0 saturated heterocycles. The molecular formula is C18H30BrN3O4. The second-order valence-electron chi connectivity index (χ2n) is 7.65. The van der Waals surface area contributed by atoms with Gasteiger partial charge in [-0.05, 0) is 63.4 Å². The van der Waals surface area contributed by atoms with Crippen LogP contribution in [0.5, 0.6) is 5.88 Å². The summed E-state index contributed by atoms with van der Waals surface area (Å²) in [6.07, 6.45) is 2.08. The fourth-order valence-electron chi connectivity index (χ4n) is 2.39. The van der Waals surface area contributed by atoms with Gasteiger partial charge < -0.3 is 19.1 Å². The summed E-state index contributed by atoms with van der Waals surface area (Å²) in [5.41, 5.74) is 0.303. The van der Waals surface area contributed by atoms with Crippen LogP contribution in [0.1, 0.15) is 53.2 Å². The Hall–Kier alpha value is -1.28. The van der Waals surface area contributed by atoms with E-state index in [1.165, 1.54) is 0 Å². The summed E-state index contributed by atoms with van der Waals surface area (Å²) in [5, 5.41) is 4.46. The number of aryl methyl sites for hydroxylation is 1. The first-order valence-electron chi connectivity index (χ1n) is 9.08. The Morgan fingerprint density at radius 2 is 2.08 bits per heavy atom. The summed E-state index contributed by atoms with van der Waals surface area (Å²) < 4.78 is 19.7. The van der Waals surface area contributed by atoms with Gasteiger partial charge in [-0.2, -0.15) is 5.10 Å². The smallest absolute Gasteiger partial charge is 0.410 e. The summed E-state index contributed by atoms with van der Waals surface area (Å²) >= 11 is 3.56. The number of hydrogen-bond acceptors (Lipinski definition) is 5. The molecule has 0 aliphatic heterocycles. The number of ether oxygens (including phenoxy) is 3. The SMILES string of the molecule is CCN(C[C@H](C)Oc1c(Br)c(COC2CC2)nn1C)C(=O)OC(C)(C)C. The van der Waals surface area contributed by atoms with Crippen molar-refractivity contribution in [2.24, 2.45) is 7.05 Å². The zero-order valence-electron chi connectivity index (χ0n) is 16.5. The van der Waals surface area contributed by atoms with Gasteiger partial charge in [0.05, 0.1) is 19.3 Å². The Morgan fingerprint density at radius 1 is 1.42 bits per heavy atom. The van der Waals surface area contributed by atoms with E-state index < -0.39 is 5.60 Å². The van der Waals surface area contributed by atoms with Crippen molar-refractivity contribution < 1.29 is 19.0 Å². The molecule has 1 amide bonds. The van der Waals surface area contributed by atoms with Crippen LogP contribution in [0.2, 0.25) is 0 Å². The van der Waals surface area contributed by atoms with E-state index in [2.05, 4.69) is 21.0 Å². The lowest BCUT2D eigenvalue weighted by atomic mass is 10.2. The molecule has 0 spiro atoms. The number of rotatable bonds is 8. The quantitative estimate of drug-likeness (QED) is 0.624. The number of amides is 1. The molecule has 1 aromatic rings. The highest BCUT2D eigenvalue weighted by Crippen LogP contribution is 2.31.